The summed E-state index contributed by atoms with van der Waals surface area (Å²) >= 11 is 1.28. The fourth-order valence-electron chi connectivity index (χ4n) is 2.21. The van der Waals surface area contributed by atoms with Gasteiger partial charge in [-0.25, -0.2) is 14.6 Å². The van der Waals surface area contributed by atoms with Crippen LogP contribution in [0.1, 0.15) is 25.6 Å². The molecule has 126 valence electrons. The lowest BCUT2D eigenvalue weighted by atomic mass is 10.1. The fourth-order valence-corrected chi connectivity index (χ4v) is 3.02. The van der Waals surface area contributed by atoms with Crippen LogP contribution in [0, 0.1) is 0 Å². The van der Waals surface area contributed by atoms with E-state index in [1.165, 1.54) is 24.6 Å². The summed E-state index contributed by atoms with van der Waals surface area (Å²) < 4.78 is 9.99. The van der Waals surface area contributed by atoms with Gasteiger partial charge in [0.05, 0.1) is 18.9 Å². The summed E-state index contributed by atoms with van der Waals surface area (Å²) in [7, 11) is 1.32. The van der Waals surface area contributed by atoms with Crippen LogP contribution < -0.4 is 0 Å². The maximum atomic E-state index is 12.2. The lowest BCUT2D eigenvalue weighted by Crippen LogP contribution is -2.05. The summed E-state index contributed by atoms with van der Waals surface area (Å²) in [5.41, 5.74) is 2.08. The van der Waals surface area contributed by atoms with Gasteiger partial charge in [-0.2, -0.15) is 0 Å². The minimum atomic E-state index is -0.442. The molecule has 0 radical (unpaired) electrons. The maximum Gasteiger partial charge on any atom is 0.350 e. The second-order valence-corrected chi connectivity index (χ2v) is 6.19. The van der Waals surface area contributed by atoms with Gasteiger partial charge in [0.1, 0.15) is 16.5 Å². The van der Waals surface area contributed by atoms with Crippen molar-refractivity contribution in [2.24, 2.45) is 0 Å². The molecular formula is C19H15NO4S. The number of hydrogen-bond acceptors (Lipinski definition) is 6. The van der Waals surface area contributed by atoms with Crippen LogP contribution in [0.2, 0.25) is 0 Å². The van der Waals surface area contributed by atoms with Crippen molar-refractivity contribution in [1.29, 1.82) is 0 Å². The van der Waals surface area contributed by atoms with Crippen LogP contribution in [0.4, 0.5) is 0 Å². The van der Waals surface area contributed by atoms with E-state index in [1.807, 2.05) is 30.3 Å². The number of methoxy groups -OCH3 is 1. The number of hydrogen-bond donors (Lipinski definition) is 0. The van der Waals surface area contributed by atoms with Gasteiger partial charge in [0, 0.05) is 5.56 Å². The third-order valence-electron chi connectivity index (χ3n) is 3.45. The molecule has 0 N–H and O–H groups in total. The van der Waals surface area contributed by atoms with E-state index in [4.69, 9.17) is 4.74 Å². The second kappa shape index (κ2) is 7.72. The molecule has 0 amide bonds. The van der Waals surface area contributed by atoms with Gasteiger partial charge < -0.3 is 9.47 Å². The van der Waals surface area contributed by atoms with Crippen LogP contribution >= 0.6 is 11.3 Å². The van der Waals surface area contributed by atoms with Crippen molar-refractivity contribution >= 4 is 23.3 Å². The van der Waals surface area contributed by atoms with Crippen molar-refractivity contribution in [2.75, 3.05) is 7.11 Å². The Hall–Kier alpha value is -2.99. The van der Waals surface area contributed by atoms with Crippen LogP contribution in [-0.4, -0.2) is 24.0 Å². The molecule has 0 aliphatic rings. The van der Waals surface area contributed by atoms with E-state index >= 15 is 0 Å². The number of rotatable bonds is 5. The van der Waals surface area contributed by atoms with Gasteiger partial charge in [0.2, 0.25) is 0 Å². The molecule has 2 aromatic carbocycles. The Morgan fingerprint density at radius 1 is 1.04 bits per heavy atom. The van der Waals surface area contributed by atoms with Crippen LogP contribution in [-0.2, 0) is 16.1 Å². The highest BCUT2D eigenvalue weighted by Crippen LogP contribution is 2.25. The molecule has 0 aliphatic carbocycles. The monoisotopic (exact) mass is 353 g/mol. The molecule has 6 heteroatoms. The number of aromatic nitrogens is 1. The molecular weight excluding hydrogens is 338 g/mol. The topological polar surface area (TPSA) is 65.5 Å². The standard InChI is InChI=1S/C19H15NO4S/c1-23-18(21)15-9-5-6-13(10-15)12-24-19(22)16-11-20-17(25-16)14-7-3-2-4-8-14/h2-11H,12H2,1H3. The molecule has 0 bridgehead atoms. The molecule has 0 aliphatic heterocycles. The van der Waals surface area contributed by atoms with E-state index in [1.54, 1.807) is 24.3 Å². The number of ether oxygens (including phenoxy) is 2. The zero-order chi connectivity index (χ0) is 17.6. The molecule has 5 nitrogen and oxygen atoms in total. The molecule has 3 aromatic rings. The van der Waals surface area contributed by atoms with Gasteiger partial charge in [0.15, 0.2) is 0 Å². The fraction of sp³-hybridized carbons (Fsp3) is 0.105. The Morgan fingerprint density at radius 2 is 1.84 bits per heavy atom. The van der Waals surface area contributed by atoms with Gasteiger partial charge in [-0.05, 0) is 17.7 Å². The molecule has 25 heavy (non-hydrogen) atoms. The summed E-state index contributed by atoms with van der Waals surface area (Å²) in [6.45, 7) is 0.0717. The lowest BCUT2D eigenvalue weighted by Gasteiger charge is -2.05. The highest BCUT2D eigenvalue weighted by atomic mass is 32.1. The molecule has 3 rings (SSSR count). The van der Waals surface area contributed by atoms with Crippen LogP contribution in [0.5, 0.6) is 0 Å². The normalized spacial score (nSPS) is 10.3. The Morgan fingerprint density at radius 3 is 2.60 bits per heavy atom. The highest BCUT2D eigenvalue weighted by molar-refractivity contribution is 7.16. The van der Waals surface area contributed by atoms with Crippen molar-refractivity contribution in [2.45, 2.75) is 6.61 Å². The van der Waals surface area contributed by atoms with Gasteiger partial charge in [-0.15, -0.1) is 11.3 Å². The summed E-state index contributed by atoms with van der Waals surface area (Å²) in [4.78, 5) is 28.4. The van der Waals surface area contributed by atoms with Gasteiger partial charge in [-0.3, -0.25) is 0 Å². The SMILES string of the molecule is COC(=O)c1cccc(COC(=O)c2cnc(-c3ccccc3)s2)c1. The van der Waals surface area contributed by atoms with Gasteiger partial charge >= 0.3 is 11.9 Å². The van der Waals surface area contributed by atoms with E-state index in [-0.39, 0.29) is 6.61 Å². The molecule has 1 aromatic heterocycles. The van der Waals surface area contributed by atoms with Crippen molar-refractivity contribution < 1.29 is 19.1 Å². The Kier molecular flexibility index (Phi) is 5.20. The molecule has 1 heterocycles. The Labute approximate surface area is 148 Å². The number of carbonyl (C=O) groups excluding carboxylic acids is 2. The minimum Gasteiger partial charge on any atom is -0.465 e. The van der Waals surface area contributed by atoms with Crippen LogP contribution in [0.3, 0.4) is 0 Å². The predicted molar refractivity (Wildman–Crippen MR) is 94.5 cm³/mol. The van der Waals surface area contributed by atoms with E-state index in [2.05, 4.69) is 9.72 Å². The van der Waals surface area contributed by atoms with Crippen molar-refractivity contribution in [3.05, 3.63) is 76.8 Å². The summed E-state index contributed by atoms with van der Waals surface area (Å²) in [5, 5.41) is 0.764. The van der Waals surface area contributed by atoms with Crippen LogP contribution in [0.15, 0.2) is 60.8 Å². The quantitative estimate of drug-likeness (QED) is 0.650. The molecule has 0 saturated carbocycles. The number of carbonyl (C=O) groups is 2. The van der Waals surface area contributed by atoms with Crippen LogP contribution in [0.25, 0.3) is 10.6 Å². The first-order chi connectivity index (χ1) is 12.2. The summed E-state index contributed by atoms with van der Waals surface area (Å²) in [6, 6.07) is 16.4. The Balaban J connectivity index is 1.65. The molecule has 0 unspecified atom stereocenters. The third-order valence-corrected chi connectivity index (χ3v) is 4.47. The zero-order valence-corrected chi connectivity index (χ0v) is 14.3. The molecule has 0 atom stereocenters. The maximum absolute atomic E-state index is 12.2. The first-order valence-corrected chi connectivity index (χ1v) is 8.34. The van der Waals surface area contributed by atoms with Gasteiger partial charge in [-0.1, -0.05) is 42.5 Å². The number of thiazole rings is 1. The predicted octanol–water partition coefficient (Wildman–Crippen LogP) is 3.95. The van der Waals surface area contributed by atoms with E-state index in [0.717, 1.165) is 10.6 Å². The largest absolute Gasteiger partial charge is 0.465 e. The number of benzene rings is 2. The van der Waals surface area contributed by atoms with E-state index in [0.29, 0.717) is 16.0 Å². The van der Waals surface area contributed by atoms with Gasteiger partial charge in [0.25, 0.3) is 0 Å². The summed E-state index contributed by atoms with van der Waals surface area (Å²) in [5.74, 6) is -0.869. The Bertz CT molecular complexity index is 889. The minimum absolute atomic E-state index is 0.0717. The second-order valence-electron chi connectivity index (χ2n) is 5.16. The molecule has 0 fully saturated rings. The van der Waals surface area contributed by atoms with Crippen molar-refractivity contribution in [3.8, 4) is 10.6 Å². The van der Waals surface area contributed by atoms with E-state index in [9.17, 15) is 9.59 Å². The van der Waals surface area contributed by atoms with E-state index < -0.39 is 11.9 Å². The summed E-state index contributed by atoms with van der Waals surface area (Å²) in [6.07, 6.45) is 1.51. The number of esters is 2. The van der Waals surface area contributed by atoms with Crippen molar-refractivity contribution in [3.63, 3.8) is 0 Å². The smallest absolute Gasteiger partial charge is 0.350 e. The average Bonchev–Trinajstić information content (AvgIpc) is 3.17. The zero-order valence-electron chi connectivity index (χ0n) is 13.5. The highest BCUT2D eigenvalue weighted by Gasteiger charge is 2.14. The first kappa shape index (κ1) is 16.9. The average molecular weight is 353 g/mol. The third kappa shape index (κ3) is 4.10. The molecule has 0 spiro atoms. The lowest BCUT2D eigenvalue weighted by molar-refractivity contribution is 0.0478. The number of nitrogens with zero attached hydrogens (tertiary/aromatic N) is 1. The van der Waals surface area contributed by atoms with Crippen molar-refractivity contribution in [1.82, 2.24) is 4.98 Å². The molecule has 0 saturated heterocycles. The first-order valence-electron chi connectivity index (χ1n) is 7.53.